The Labute approximate surface area is 129 Å². The molecule has 1 heterocycles. The third-order valence-corrected chi connectivity index (χ3v) is 3.38. The quantitative estimate of drug-likeness (QED) is 0.805. The minimum absolute atomic E-state index is 0.0832. The van der Waals surface area contributed by atoms with Gasteiger partial charge >= 0.3 is 0 Å². The van der Waals surface area contributed by atoms with Crippen molar-refractivity contribution >= 4 is 28.9 Å². The van der Waals surface area contributed by atoms with Gasteiger partial charge in [-0.25, -0.2) is 4.98 Å². The molecule has 0 fully saturated rings. The number of hydrogen-bond acceptors (Lipinski definition) is 3. The first kappa shape index (κ1) is 15.4. The number of benzene rings is 1. The van der Waals surface area contributed by atoms with Crippen LogP contribution in [-0.2, 0) is 17.8 Å². The number of nitrogens with one attached hydrogen (secondary N) is 1. The fraction of sp³-hybridized carbons (Fsp3) is 0.333. The fourth-order valence-corrected chi connectivity index (χ4v) is 2.26. The lowest BCUT2D eigenvalue weighted by Gasteiger charge is -2.10. The lowest BCUT2D eigenvalue weighted by molar-refractivity contribution is -0.116. The molecule has 0 atom stereocenters. The maximum absolute atomic E-state index is 12.0. The number of anilines is 2. The van der Waals surface area contributed by atoms with Gasteiger partial charge in [-0.1, -0.05) is 18.5 Å². The first-order valence-electron chi connectivity index (χ1n) is 6.95. The molecule has 5 nitrogen and oxygen atoms in total. The highest BCUT2D eigenvalue weighted by Crippen LogP contribution is 2.22. The number of amides is 1. The molecule has 2 aromatic rings. The van der Waals surface area contributed by atoms with E-state index in [9.17, 15) is 4.79 Å². The summed E-state index contributed by atoms with van der Waals surface area (Å²) < 4.78 is 2.01. The zero-order valence-corrected chi connectivity index (χ0v) is 12.7. The van der Waals surface area contributed by atoms with Gasteiger partial charge in [-0.15, -0.1) is 0 Å². The van der Waals surface area contributed by atoms with E-state index in [1.54, 1.807) is 24.4 Å². The van der Waals surface area contributed by atoms with Crippen LogP contribution >= 0.6 is 11.6 Å². The normalized spacial score (nSPS) is 10.6. The third kappa shape index (κ3) is 4.23. The van der Waals surface area contributed by atoms with Crippen LogP contribution in [0.1, 0.15) is 25.6 Å². The Hall–Kier alpha value is -2.01. The molecule has 0 saturated carbocycles. The average molecular weight is 307 g/mol. The van der Waals surface area contributed by atoms with Crippen LogP contribution in [0.4, 0.5) is 11.4 Å². The Kier molecular flexibility index (Phi) is 5.22. The standard InChI is InChI=1S/C15H19ClN4O/c1-2-3-14-18-7-9-20(14)8-6-15(21)19-13-5-4-11(16)10-12(13)17/h4-5,7,9-10H,2-3,6,8,17H2,1H3,(H,19,21). The van der Waals surface area contributed by atoms with Gasteiger partial charge in [-0.2, -0.15) is 0 Å². The van der Waals surface area contributed by atoms with Gasteiger partial charge in [0, 0.05) is 36.8 Å². The van der Waals surface area contributed by atoms with Crippen molar-refractivity contribution in [2.45, 2.75) is 32.7 Å². The summed E-state index contributed by atoms with van der Waals surface area (Å²) in [5.74, 6) is 0.927. The molecule has 6 heteroatoms. The minimum atomic E-state index is -0.0832. The Morgan fingerprint density at radius 1 is 1.48 bits per heavy atom. The number of carbonyl (C=O) groups excluding carboxylic acids is 1. The second-order valence-electron chi connectivity index (χ2n) is 4.82. The van der Waals surface area contributed by atoms with Gasteiger partial charge in [0.15, 0.2) is 0 Å². The van der Waals surface area contributed by atoms with Crippen molar-refractivity contribution in [3.8, 4) is 0 Å². The second-order valence-corrected chi connectivity index (χ2v) is 5.25. The first-order valence-corrected chi connectivity index (χ1v) is 7.33. The van der Waals surface area contributed by atoms with Crippen molar-refractivity contribution < 1.29 is 4.79 Å². The van der Waals surface area contributed by atoms with Crippen LogP contribution in [0.15, 0.2) is 30.6 Å². The summed E-state index contributed by atoms with van der Waals surface area (Å²) in [5.41, 5.74) is 6.86. The van der Waals surface area contributed by atoms with E-state index in [1.165, 1.54) is 0 Å². The van der Waals surface area contributed by atoms with Crippen LogP contribution in [0.3, 0.4) is 0 Å². The van der Waals surface area contributed by atoms with Crippen molar-refractivity contribution in [3.63, 3.8) is 0 Å². The van der Waals surface area contributed by atoms with Crippen LogP contribution < -0.4 is 11.1 Å². The monoisotopic (exact) mass is 306 g/mol. The zero-order chi connectivity index (χ0) is 15.2. The molecule has 0 unspecified atom stereocenters. The SMILES string of the molecule is CCCc1nccn1CCC(=O)Nc1ccc(Cl)cc1N. The molecule has 3 N–H and O–H groups in total. The summed E-state index contributed by atoms with van der Waals surface area (Å²) in [6.45, 7) is 2.71. The predicted molar refractivity (Wildman–Crippen MR) is 85.3 cm³/mol. The first-order chi connectivity index (χ1) is 10.1. The van der Waals surface area contributed by atoms with E-state index in [4.69, 9.17) is 17.3 Å². The molecular weight excluding hydrogens is 288 g/mol. The average Bonchev–Trinajstić information content (AvgIpc) is 2.88. The highest BCUT2D eigenvalue weighted by molar-refractivity contribution is 6.31. The van der Waals surface area contributed by atoms with Crippen molar-refractivity contribution in [1.82, 2.24) is 9.55 Å². The number of hydrogen-bond donors (Lipinski definition) is 2. The summed E-state index contributed by atoms with van der Waals surface area (Å²) in [6.07, 6.45) is 5.98. The molecule has 1 aromatic heterocycles. The third-order valence-electron chi connectivity index (χ3n) is 3.14. The molecule has 1 aromatic carbocycles. The summed E-state index contributed by atoms with van der Waals surface area (Å²) in [4.78, 5) is 16.3. The molecule has 0 saturated heterocycles. The second kappa shape index (κ2) is 7.13. The van der Waals surface area contributed by atoms with Crippen molar-refractivity contribution in [2.24, 2.45) is 0 Å². The molecule has 0 aliphatic rings. The topological polar surface area (TPSA) is 72.9 Å². The molecule has 1 amide bonds. The largest absolute Gasteiger partial charge is 0.397 e. The van der Waals surface area contributed by atoms with Crippen LogP contribution in [-0.4, -0.2) is 15.5 Å². The van der Waals surface area contributed by atoms with Gasteiger partial charge in [0.1, 0.15) is 5.82 Å². The lowest BCUT2D eigenvalue weighted by atomic mass is 10.2. The lowest BCUT2D eigenvalue weighted by Crippen LogP contribution is -2.16. The molecule has 0 bridgehead atoms. The Morgan fingerprint density at radius 3 is 3.00 bits per heavy atom. The Balaban J connectivity index is 1.91. The number of rotatable bonds is 6. The molecule has 21 heavy (non-hydrogen) atoms. The van der Waals surface area contributed by atoms with Crippen molar-refractivity contribution in [2.75, 3.05) is 11.1 Å². The van der Waals surface area contributed by atoms with E-state index < -0.39 is 0 Å². The smallest absolute Gasteiger partial charge is 0.226 e. The van der Waals surface area contributed by atoms with Crippen molar-refractivity contribution in [1.29, 1.82) is 0 Å². The number of aromatic nitrogens is 2. The zero-order valence-electron chi connectivity index (χ0n) is 12.0. The summed E-state index contributed by atoms with van der Waals surface area (Å²) in [7, 11) is 0. The Morgan fingerprint density at radius 2 is 2.29 bits per heavy atom. The number of halogens is 1. The predicted octanol–water partition coefficient (Wildman–Crippen LogP) is 3.10. The van der Waals surface area contributed by atoms with Gasteiger partial charge in [-0.3, -0.25) is 4.79 Å². The molecule has 0 aliphatic heterocycles. The summed E-state index contributed by atoms with van der Waals surface area (Å²) >= 11 is 5.83. The van der Waals surface area contributed by atoms with Crippen molar-refractivity contribution in [3.05, 3.63) is 41.4 Å². The summed E-state index contributed by atoms with van der Waals surface area (Å²) in [6, 6.07) is 5.02. The minimum Gasteiger partial charge on any atom is -0.397 e. The molecular formula is C15H19ClN4O. The number of imidazole rings is 1. The van der Waals surface area contributed by atoms with E-state index in [1.807, 2.05) is 10.8 Å². The number of nitrogen functional groups attached to an aromatic ring is 1. The van der Waals surface area contributed by atoms with Crippen LogP contribution in [0.5, 0.6) is 0 Å². The van der Waals surface area contributed by atoms with E-state index in [2.05, 4.69) is 17.2 Å². The van der Waals surface area contributed by atoms with E-state index >= 15 is 0 Å². The van der Waals surface area contributed by atoms with Gasteiger partial charge in [0.2, 0.25) is 5.91 Å². The van der Waals surface area contributed by atoms with E-state index in [-0.39, 0.29) is 5.91 Å². The molecule has 0 aliphatic carbocycles. The number of nitrogens with two attached hydrogens (primary N) is 1. The van der Waals surface area contributed by atoms with Crippen LogP contribution in [0, 0.1) is 0 Å². The maximum atomic E-state index is 12.0. The highest BCUT2D eigenvalue weighted by atomic mass is 35.5. The van der Waals surface area contributed by atoms with E-state index in [0.717, 1.165) is 18.7 Å². The number of nitrogens with zero attached hydrogens (tertiary/aromatic N) is 2. The number of aryl methyl sites for hydroxylation is 2. The summed E-state index contributed by atoms with van der Waals surface area (Å²) in [5, 5.41) is 3.34. The highest BCUT2D eigenvalue weighted by Gasteiger charge is 2.08. The number of carbonyl (C=O) groups is 1. The molecule has 0 spiro atoms. The maximum Gasteiger partial charge on any atom is 0.226 e. The van der Waals surface area contributed by atoms with Crippen LogP contribution in [0.2, 0.25) is 5.02 Å². The van der Waals surface area contributed by atoms with Gasteiger partial charge in [-0.05, 0) is 24.6 Å². The van der Waals surface area contributed by atoms with E-state index in [0.29, 0.717) is 29.4 Å². The molecule has 112 valence electrons. The Bertz CT molecular complexity index is 624. The molecule has 2 rings (SSSR count). The van der Waals surface area contributed by atoms with Gasteiger partial charge in [0.25, 0.3) is 0 Å². The van der Waals surface area contributed by atoms with Gasteiger partial charge < -0.3 is 15.6 Å². The molecule has 0 radical (unpaired) electrons. The van der Waals surface area contributed by atoms with Crippen LogP contribution in [0.25, 0.3) is 0 Å². The fourth-order valence-electron chi connectivity index (χ4n) is 2.08. The van der Waals surface area contributed by atoms with Gasteiger partial charge in [0.05, 0.1) is 11.4 Å².